The van der Waals surface area contributed by atoms with Crippen molar-refractivity contribution in [3.8, 4) is 11.1 Å². The van der Waals surface area contributed by atoms with Crippen molar-refractivity contribution < 1.29 is 9.53 Å². The molecule has 3 rings (SSSR count). The molecule has 0 fully saturated rings. The number of carbonyl (C=O) groups excluding carboxylic acids is 1. The summed E-state index contributed by atoms with van der Waals surface area (Å²) in [6.07, 6.45) is 3.98. The predicted octanol–water partition coefficient (Wildman–Crippen LogP) is 6.98. The van der Waals surface area contributed by atoms with E-state index in [0.717, 1.165) is 11.1 Å². The first kappa shape index (κ1) is 21.4. The van der Waals surface area contributed by atoms with Crippen molar-refractivity contribution in [2.24, 2.45) is 0 Å². The van der Waals surface area contributed by atoms with Gasteiger partial charge in [-0.05, 0) is 83.9 Å². The lowest BCUT2D eigenvalue weighted by Gasteiger charge is -2.43. The Labute approximate surface area is 176 Å². The molecule has 0 atom stereocenters. The van der Waals surface area contributed by atoms with Gasteiger partial charge in [0, 0.05) is 6.08 Å². The summed E-state index contributed by atoms with van der Waals surface area (Å²) in [5.74, 6) is -0.286. The lowest BCUT2D eigenvalue weighted by Crippen LogP contribution is -2.34. The first-order chi connectivity index (χ1) is 13.5. The third kappa shape index (κ3) is 4.32. The Bertz CT molecular complexity index is 960. The topological polar surface area (TPSA) is 26.3 Å². The van der Waals surface area contributed by atoms with E-state index in [1.54, 1.807) is 6.08 Å². The number of esters is 1. The van der Waals surface area contributed by atoms with E-state index in [-0.39, 0.29) is 16.8 Å². The van der Waals surface area contributed by atoms with Crippen LogP contribution in [-0.2, 0) is 20.4 Å². The molecule has 2 nitrogen and oxygen atoms in total. The van der Waals surface area contributed by atoms with Gasteiger partial charge < -0.3 is 4.74 Å². The molecule has 1 aliphatic carbocycles. The van der Waals surface area contributed by atoms with Gasteiger partial charge in [-0.2, -0.15) is 0 Å². The standard InChI is InChI=1S/C27H34O2/c1-8-29-24(28)16-19(3)20-10-9-11-21(17-20)22-14-18(2)15-23-25(22)27(6,7)13-12-26(23,4)5/h9-11,14-17H,8,12-13H2,1-7H3/b19-16+. The molecule has 0 heterocycles. The highest BCUT2D eigenvalue weighted by molar-refractivity contribution is 5.91. The SMILES string of the molecule is CCOC(=O)/C=C(\C)c1cccc(-c2cc(C)cc3c2C(C)(C)CCC3(C)C)c1. The monoisotopic (exact) mass is 390 g/mol. The molecule has 2 heteroatoms. The maximum atomic E-state index is 11.9. The second kappa shape index (κ2) is 7.82. The zero-order valence-corrected chi connectivity index (χ0v) is 19.0. The average molecular weight is 391 g/mol. The summed E-state index contributed by atoms with van der Waals surface area (Å²) in [6.45, 7) is 15.9. The van der Waals surface area contributed by atoms with Crippen molar-refractivity contribution in [3.63, 3.8) is 0 Å². The van der Waals surface area contributed by atoms with E-state index in [1.807, 2.05) is 13.8 Å². The van der Waals surface area contributed by atoms with Crippen LogP contribution in [0.3, 0.4) is 0 Å². The van der Waals surface area contributed by atoms with E-state index in [0.29, 0.717) is 6.61 Å². The first-order valence-corrected chi connectivity index (χ1v) is 10.7. The summed E-state index contributed by atoms with van der Waals surface area (Å²) in [4.78, 5) is 11.9. The Morgan fingerprint density at radius 2 is 1.76 bits per heavy atom. The van der Waals surface area contributed by atoms with Gasteiger partial charge in [0.25, 0.3) is 0 Å². The van der Waals surface area contributed by atoms with Gasteiger partial charge in [-0.25, -0.2) is 4.79 Å². The predicted molar refractivity (Wildman–Crippen MR) is 122 cm³/mol. The second-order valence-electron chi connectivity index (χ2n) is 9.66. The molecule has 1 aliphatic rings. The highest BCUT2D eigenvalue weighted by atomic mass is 16.5. The van der Waals surface area contributed by atoms with E-state index in [2.05, 4.69) is 71.0 Å². The van der Waals surface area contributed by atoms with Gasteiger partial charge >= 0.3 is 5.97 Å². The van der Waals surface area contributed by atoms with Gasteiger partial charge in [0.05, 0.1) is 6.61 Å². The summed E-state index contributed by atoms with van der Waals surface area (Å²) >= 11 is 0. The van der Waals surface area contributed by atoms with Crippen LogP contribution in [0.4, 0.5) is 0 Å². The van der Waals surface area contributed by atoms with Crippen molar-refractivity contribution in [2.75, 3.05) is 6.61 Å². The molecule has 0 amide bonds. The number of fused-ring (bicyclic) bond motifs is 1. The Balaban J connectivity index is 2.16. The van der Waals surface area contributed by atoms with Crippen LogP contribution in [0.5, 0.6) is 0 Å². The summed E-state index contributed by atoms with van der Waals surface area (Å²) in [7, 11) is 0. The minimum atomic E-state index is -0.286. The molecule has 2 aromatic carbocycles. The second-order valence-corrected chi connectivity index (χ2v) is 9.66. The van der Waals surface area contributed by atoms with Crippen molar-refractivity contribution in [1.82, 2.24) is 0 Å². The van der Waals surface area contributed by atoms with Gasteiger partial charge in [0.1, 0.15) is 0 Å². The number of benzene rings is 2. The van der Waals surface area contributed by atoms with Gasteiger partial charge in [0.15, 0.2) is 0 Å². The molecular weight excluding hydrogens is 356 g/mol. The zero-order valence-electron chi connectivity index (χ0n) is 19.0. The van der Waals surface area contributed by atoms with E-state index < -0.39 is 0 Å². The summed E-state index contributed by atoms with van der Waals surface area (Å²) < 4.78 is 5.07. The molecule has 0 unspecified atom stereocenters. The van der Waals surface area contributed by atoms with E-state index in [1.165, 1.54) is 40.7 Å². The van der Waals surface area contributed by atoms with Gasteiger partial charge in [-0.15, -0.1) is 0 Å². The molecule has 154 valence electrons. The van der Waals surface area contributed by atoms with Crippen LogP contribution in [0, 0.1) is 6.92 Å². The molecule has 0 saturated carbocycles. The molecule has 0 N–H and O–H groups in total. The molecule has 0 saturated heterocycles. The van der Waals surface area contributed by atoms with Crippen LogP contribution in [0.1, 0.15) is 76.6 Å². The third-order valence-corrected chi connectivity index (χ3v) is 6.31. The Morgan fingerprint density at radius 3 is 2.45 bits per heavy atom. The average Bonchev–Trinajstić information content (AvgIpc) is 2.65. The number of carbonyl (C=O) groups is 1. The highest BCUT2D eigenvalue weighted by Crippen LogP contribution is 2.49. The van der Waals surface area contributed by atoms with E-state index in [9.17, 15) is 4.79 Å². The fraction of sp³-hybridized carbons (Fsp3) is 0.444. The first-order valence-electron chi connectivity index (χ1n) is 10.7. The molecule has 0 spiro atoms. The van der Waals surface area contributed by atoms with Gasteiger partial charge in [0.2, 0.25) is 0 Å². The van der Waals surface area contributed by atoms with Crippen molar-refractivity contribution in [1.29, 1.82) is 0 Å². The third-order valence-electron chi connectivity index (χ3n) is 6.31. The van der Waals surface area contributed by atoms with Crippen molar-refractivity contribution in [3.05, 3.63) is 64.7 Å². The Morgan fingerprint density at radius 1 is 1.07 bits per heavy atom. The van der Waals surface area contributed by atoms with Crippen LogP contribution in [-0.4, -0.2) is 12.6 Å². The molecule has 2 aromatic rings. The zero-order chi connectivity index (χ0) is 21.4. The van der Waals surface area contributed by atoms with Crippen LogP contribution in [0.2, 0.25) is 0 Å². The van der Waals surface area contributed by atoms with Crippen molar-refractivity contribution >= 4 is 11.5 Å². The fourth-order valence-corrected chi connectivity index (χ4v) is 4.54. The molecule has 0 radical (unpaired) electrons. The van der Waals surface area contributed by atoms with Crippen LogP contribution >= 0.6 is 0 Å². The van der Waals surface area contributed by atoms with Crippen LogP contribution < -0.4 is 0 Å². The Hall–Kier alpha value is -2.35. The number of allylic oxidation sites excluding steroid dienone is 1. The van der Waals surface area contributed by atoms with Crippen LogP contribution in [0.15, 0.2) is 42.5 Å². The normalized spacial score (nSPS) is 17.6. The van der Waals surface area contributed by atoms with Crippen LogP contribution in [0.25, 0.3) is 16.7 Å². The summed E-state index contributed by atoms with van der Waals surface area (Å²) in [5.41, 5.74) is 9.09. The number of rotatable bonds is 4. The highest BCUT2D eigenvalue weighted by Gasteiger charge is 2.38. The number of hydrogen-bond donors (Lipinski definition) is 0. The number of hydrogen-bond acceptors (Lipinski definition) is 2. The number of ether oxygens (including phenoxy) is 1. The minimum Gasteiger partial charge on any atom is -0.463 e. The number of aryl methyl sites for hydroxylation is 1. The molecular formula is C27H34O2. The fourth-order valence-electron chi connectivity index (χ4n) is 4.54. The smallest absolute Gasteiger partial charge is 0.331 e. The van der Waals surface area contributed by atoms with Crippen molar-refractivity contribution in [2.45, 2.75) is 72.1 Å². The lowest BCUT2D eigenvalue weighted by molar-refractivity contribution is -0.137. The quantitative estimate of drug-likeness (QED) is 0.416. The lowest BCUT2D eigenvalue weighted by atomic mass is 9.61. The van der Waals surface area contributed by atoms with E-state index >= 15 is 0 Å². The minimum absolute atomic E-state index is 0.139. The maximum absolute atomic E-state index is 11.9. The molecule has 29 heavy (non-hydrogen) atoms. The largest absolute Gasteiger partial charge is 0.463 e. The molecule has 0 aromatic heterocycles. The van der Waals surface area contributed by atoms with Gasteiger partial charge in [-0.3, -0.25) is 0 Å². The molecule has 0 bridgehead atoms. The summed E-state index contributed by atoms with van der Waals surface area (Å²) in [6, 6.07) is 13.3. The maximum Gasteiger partial charge on any atom is 0.331 e. The Kier molecular flexibility index (Phi) is 5.76. The van der Waals surface area contributed by atoms with Gasteiger partial charge in [-0.1, -0.05) is 63.6 Å². The molecule has 0 aliphatic heterocycles. The van der Waals surface area contributed by atoms with E-state index in [4.69, 9.17) is 4.74 Å². The summed E-state index contributed by atoms with van der Waals surface area (Å²) in [5, 5.41) is 0.